The Morgan fingerprint density at radius 1 is 1.52 bits per heavy atom. The number of nitrogens with one attached hydrogen (secondary N) is 1. The van der Waals surface area contributed by atoms with Gasteiger partial charge < -0.3 is 15.8 Å². The second kappa shape index (κ2) is 8.54. The molecule has 1 atom stereocenters. The minimum Gasteiger partial charge on any atom is -0.383 e. The van der Waals surface area contributed by atoms with Crippen molar-refractivity contribution in [3.8, 4) is 0 Å². The molecule has 3 N–H and O–H groups in total. The third-order valence-electron chi connectivity index (χ3n) is 3.03. The summed E-state index contributed by atoms with van der Waals surface area (Å²) in [6.07, 6.45) is 0. The number of carbonyl (C=O) groups is 1. The van der Waals surface area contributed by atoms with Crippen LogP contribution in [0, 0.1) is 5.82 Å². The number of hydrogen-bond acceptors (Lipinski definition) is 3. The molecule has 4 nitrogen and oxygen atoms in total. The number of nitrogens with two attached hydrogens (primary N) is 1. The minimum atomic E-state index is -0.744. The van der Waals surface area contributed by atoms with Gasteiger partial charge in [-0.25, -0.2) is 4.39 Å². The quantitative estimate of drug-likeness (QED) is 0.836. The fraction of sp³-hybridized carbons (Fsp3) is 0.500. The van der Waals surface area contributed by atoms with Crippen molar-refractivity contribution >= 4 is 29.9 Å². The van der Waals surface area contributed by atoms with Gasteiger partial charge in [-0.15, -0.1) is 12.4 Å². The molecule has 0 saturated heterocycles. The van der Waals surface area contributed by atoms with Crippen molar-refractivity contribution in [1.29, 1.82) is 0 Å². The van der Waals surface area contributed by atoms with Crippen LogP contribution in [0.2, 0.25) is 5.02 Å². The Labute approximate surface area is 135 Å². The molecule has 0 aliphatic rings. The molecule has 0 heterocycles. The smallest absolute Gasteiger partial charge is 0.239 e. The summed E-state index contributed by atoms with van der Waals surface area (Å²) in [5, 5.41) is 3.03. The van der Waals surface area contributed by atoms with Gasteiger partial charge in [0, 0.05) is 29.7 Å². The molecule has 7 heteroatoms. The van der Waals surface area contributed by atoms with Crippen molar-refractivity contribution in [2.45, 2.75) is 25.3 Å². The van der Waals surface area contributed by atoms with Gasteiger partial charge in [0.1, 0.15) is 11.9 Å². The molecule has 1 aromatic rings. The normalized spacial score (nSPS) is 12.5. The van der Waals surface area contributed by atoms with Gasteiger partial charge in [-0.05, 0) is 12.1 Å². The lowest BCUT2D eigenvalue weighted by molar-refractivity contribution is -0.123. The Morgan fingerprint density at radius 3 is 2.67 bits per heavy atom. The molecule has 0 fully saturated rings. The second-order valence-corrected chi connectivity index (χ2v) is 5.67. The van der Waals surface area contributed by atoms with Crippen molar-refractivity contribution in [2.24, 2.45) is 5.73 Å². The molecule has 1 rings (SSSR count). The van der Waals surface area contributed by atoms with Gasteiger partial charge in [0.25, 0.3) is 0 Å². The molecule has 1 amide bonds. The highest BCUT2D eigenvalue weighted by molar-refractivity contribution is 6.31. The summed E-state index contributed by atoms with van der Waals surface area (Å²) < 4.78 is 18.7. The molecule has 0 radical (unpaired) electrons. The Bertz CT molecular complexity index is 464. The molecule has 0 aliphatic heterocycles. The first-order valence-corrected chi connectivity index (χ1v) is 6.64. The Kier molecular flexibility index (Phi) is 8.18. The Balaban J connectivity index is 0.00000400. The molecule has 120 valence electrons. The van der Waals surface area contributed by atoms with Gasteiger partial charge in [0.05, 0.1) is 6.61 Å². The van der Waals surface area contributed by atoms with Crippen LogP contribution < -0.4 is 11.1 Å². The predicted octanol–water partition coefficient (Wildman–Crippen LogP) is 2.27. The number of amides is 1. The van der Waals surface area contributed by atoms with E-state index in [1.807, 2.05) is 0 Å². The summed E-state index contributed by atoms with van der Waals surface area (Å²) in [5.74, 6) is -0.731. The highest BCUT2D eigenvalue weighted by atomic mass is 35.5. The number of carbonyl (C=O) groups excluding carboxylic acids is 1. The van der Waals surface area contributed by atoms with Crippen LogP contribution in [0.3, 0.4) is 0 Å². The maximum atomic E-state index is 13.9. The molecule has 0 saturated carbocycles. The van der Waals surface area contributed by atoms with Crippen LogP contribution in [0.4, 0.5) is 4.39 Å². The lowest BCUT2D eigenvalue weighted by Crippen LogP contribution is -2.47. The maximum absolute atomic E-state index is 13.9. The van der Waals surface area contributed by atoms with Crippen molar-refractivity contribution in [3.63, 3.8) is 0 Å². The largest absolute Gasteiger partial charge is 0.383 e. The number of halogens is 3. The summed E-state index contributed by atoms with van der Waals surface area (Å²) >= 11 is 6.04. The fourth-order valence-electron chi connectivity index (χ4n) is 1.93. The highest BCUT2D eigenvalue weighted by Crippen LogP contribution is 2.31. The monoisotopic (exact) mass is 338 g/mol. The van der Waals surface area contributed by atoms with Crippen LogP contribution in [-0.2, 0) is 14.9 Å². The minimum absolute atomic E-state index is 0. The Hall–Kier alpha value is -0.880. The van der Waals surface area contributed by atoms with E-state index < -0.39 is 17.3 Å². The van der Waals surface area contributed by atoms with Crippen LogP contribution in [0.25, 0.3) is 0 Å². The van der Waals surface area contributed by atoms with Crippen LogP contribution >= 0.6 is 24.0 Å². The van der Waals surface area contributed by atoms with E-state index in [9.17, 15) is 9.18 Å². The van der Waals surface area contributed by atoms with Crippen molar-refractivity contribution < 1.29 is 13.9 Å². The molecular weight excluding hydrogens is 318 g/mol. The summed E-state index contributed by atoms with van der Waals surface area (Å²) in [7, 11) is 1.47. The van der Waals surface area contributed by atoms with E-state index in [1.54, 1.807) is 26.0 Å². The first-order valence-electron chi connectivity index (χ1n) is 6.26. The van der Waals surface area contributed by atoms with Gasteiger partial charge in [0.2, 0.25) is 5.91 Å². The van der Waals surface area contributed by atoms with E-state index in [4.69, 9.17) is 22.1 Å². The van der Waals surface area contributed by atoms with Crippen molar-refractivity contribution in [3.05, 3.63) is 34.6 Å². The van der Waals surface area contributed by atoms with E-state index in [-0.39, 0.29) is 31.5 Å². The summed E-state index contributed by atoms with van der Waals surface area (Å²) in [6, 6.07) is 3.78. The molecule has 0 spiro atoms. The summed E-state index contributed by atoms with van der Waals surface area (Å²) in [5.41, 5.74) is 5.35. The van der Waals surface area contributed by atoms with Gasteiger partial charge in [-0.1, -0.05) is 31.5 Å². The third-order valence-corrected chi connectivity index (χ3v) is 3.34. The van der Waals surface area contributed by atoms with Crippen LogP contribution in [0.5, 0.6) is 0 Å². The van der Waals surface area contributed by atoms with Gasteiger partial charge in [-0.3, -0.25) is 4.79 Å². The lowest BCUT2D eigenvalue weighted by Gasteiger charge is -2.27. The second-order valence-electron chi connectivity index (χ2n) is 5.26. The zero-order valence-electron chi connectivity index (χ0n) is 12.3. The number of methoxy groups -OCH3 is 1. The first-order chi connectivity index (χ1) is 9.29. The van der Waals surface area contributed by atoms with Gasteiger partial charge in [0.15, 0.2) is 0 Å². The van der Waals surface area contributed by atoms with E-state index >= 15 is 0 Å². The summed E-state index contributed by atoms with van der Waals surface area (Å²) in [4.78, 5) is 11.7. The van der Waals surface area contributed by atoms with Crippen LogP contribution in [-0.4, -0.2) is 32.2 Å². The SMILES string of the molecule is COCC(N)C(=O)NCC(C)(C)c1c(F)cccc1Cl.Cl. The predicted molar refractivity (Wildman–Crippen MR) is 84.5 cm³/mol. The van der Waals surface area contributed by atoms with Crippen LogP contribution in [0.15, 0.2) is 18.2 Å². The number of rotatable bonds is 6. The molecule has 1 aromatic carbocycles. The van der Waals surface area contributed by atoms with Crippen molar-refractivity contribution in [1.82, 2.24) is 5.32 Å². The van der Waals surface area contributed by atoms with E-state index in [0.29, 0.717) is 10.6 Å². The van der Waals surface area contributed by atoms with E-state index in [2.05, 4.69) is 5.32 Å². The lowest BCUT2D eigenvalue weighted by atomic mass is 9.84. The maximum Gasteiger partial charge on any atom is 0.239 e. The molecular formula is C14H21Cl2FN2O2. The van der Waals surface area contributed by atoms with Gasteiger partial charge in [-0.2, -0.15) is 0 Å². The topological polar surface area (TPSA) is 64.3 Å². The number of benzene rings is 1. The highest BCUT2D eigenvalue weighted by Gasteiger charge is 2.28. The molecule has 0 aromatic heterocycles. The molecule has 21 heavy (non-hydrogen) atoms. The zero-order valence-corrected chi connectivity index (χ0v) is 13.9. The number of ether oxygens (including phenoxy) is 1. The van der Waals surface area contributed by atoms with Gasteiger partial charge >= 0.3 is 0 Å². The molecule has 0 bridgehead atoms. The molecule has 1 unspecified atom stereocenters. The average molecular weight is 339 g/mol. The van der Waals surface area contributed by atoms with Crippen molar-refractivity contribution in [2.75, 3.05) is 20.3 Å². The Morgan fingerprint density at radius 2 is 2.14 bits per heavy atom. The fourth-order valence-corrected chi connectivity index (χ4v) is 2.35. The van der Waals surface area contributed by atoms with E-state index in [0.717, 1.165) is 0 Å². The zero-order chi connectivity index (χ0) is 15.3. The molecule has 0 aliphatic carbocycles. The third kappa shape index (κ3) is 5.43. The average Bonchev–Trinajstić information content (AvgIpc) is 2.35. The summed E-state index contributed by atoms with van der Waals surface area (Å²) in [6.45, 7) is 3.97. The first kappa shape index (κ1) is 20.1. The number of hydrogen-bond donors (Lipinski definition) is 2. The van der Waals surface area contributed by atoms with E-state index in [1.165, 1.54) is 13.2 Å². The van der Waals surface area contributed by atoms with Crippen LogP contribution in [0.1, 0.15) is 19.4 Å². The standard InChI is InChI=1S/C14H20ClFN2O2.ClH/c1-14(2,8-18-13(19)11(17)7-20-3)12-9(15)5-4-6-10(12)16;/h4-6,11H,7-8,17H2,1-3H3,(H,18,19);1H.